The van der Waals surface area contributed by atoms with Crippen LogP contribution >= 0.6 is 12.2 Å². The molecule has 1 aromatic rings. The SMILES string of the molecule is CCCn1c(CO)nn(CN2CCCC(N(C)C)C2)c1=S. The number of piperidine rings is 1. The lowest BCUT2D eigenvalue weighted by atomic mass is 10.1. The van der Waals surface area contributed by atoms with Gasteiger partial charge in [-0.2, -0.15) is 5.10 Å². The maximum atomic E-state index is 9.44. The van der Waals surface area contributed by atoms with E-state index in [-0.39, 0.29) is 6.61 Å². The molecular formula is C14H27N5OS. The van der Waals surface area contributed by atoms with Crippen LogP contribution in [0.1, 0.15) is 32.0 Å². The fourth-order valence-electron chi connectivity index (χ4n) is 2.91. The van der Waals surface area contributed by atoms with Crippen molar-refractivity contribution in [3.8, 4) is 0 Å². The Labute approximate surface area is 132 Å². The lowest BCUT2D eigenvalue weighted by Crippen LogP contribution is -2.45. The first-order valence-electron chi connectivity index (χ1n) is 7.73. The predicted molar refractivity (Wildman–Crippen MR) is 85.5 cm³/mol. The van der Waals surface area contributed by atoms with Crippen LogP contribution in [0.3, 0.4) is 0 Å². The van der Waals surface area contributed by atoms with Gasteiger partial charge < -0.3 is 14.6 Å². The highest BCUT2D eigenvalue weighted by molar-refractivity contribution is 7.71. The van der Waals surface area contributed by atoms with Crippen LogP contribution in [0.5, 0.6) is 0 Å². The third-order valence-electron chi connectivity index (χ3n) is 4.13. The standard InChI is InChI=1S/C14H27N5OS/c1-4-7-18-13(10-20)15-19(14(18)21)11-17-8-5-6-12(9-17)16(2)3/h12,20H,4-11H2,1-3H3. The molecule has 1 unspecified atom stereocenters. The number of nitrogens with zero attached hydrogens (tertiary/aromatic N) is 5. The summed E-state index contributed by atoms with van der Waals surface area (Å²) in [7, 11) is 4.28. The van der Waals surface area contributed by atoms with Crippen molar-refractivity contribution in [1.29, 1.82) is 0 Å². The largest absolute Gasteiger partial charge is 0.388 e. The van der Waals surface area contributed by atoms with Crippen LogP contribution in [0.2, 0.25) is 0 Å². The molecule has 2 rings (SSSR count). The van der Waals surface area contributed by atoms with Crippen LogP contribution in [-0.2, 0) is 19.8 Å². The van der Waals surface area contributed by atoms with Crippen molar-refractivity contribution in [3.63, 3.8) is 0 Å². The van der Waals surface area contributed by atoms with E-state index in [1.54, 1.807) is 0 Å². The van der Waals surface area contributed by atoms with Crippen molar-refractivity contribution in [2.45, 2.75) is 52.0 Å². The van der Waals surface area contributed by atoms with E-state index < -0.39 is 0 Å². The summed E-state index contributed by atoms with van der Waals surface area (Å²) in [6.07, 6.45) is 3.44. The van der Waals surface area contributed by atoms with Crippen LogP contribution in [0, 0.1) is 4.77 Å². The number of aromatic nitrogens is 3. The molecule has 0 spiro atoms. The molecule has 1 saturated heterocycles. The van der Waals surface area contributed by atoms with E-state index in [0.717, 1.165) is 26.1 Å². The van der Waals surface area contributed by atoms with E-state index in [9.17, 15) is 5.11 Å². The Morgan fingerprint density at radius 1 is 1.43 bits per heavy atom. The van der Waals surface area contributed by atoms with Gasteiger partial charge in [0.15, 0.2) is 10.6 Å². The highest BCUT2D eigenvalue weighted by Gasteiger charge is 2.22. The second kappa shape index (κ2) is 7.49. The van der Waals surface area contributed by atoms with E-state index in [1.807, 2.05) is 9.25 Å². The summed E-state index contributed by atoms with van der Waals surface area (Å²) in [6.45, 7) is 5.70. The fraction of sp³-hybridized carbons (Fsp3) is 0.857. The zero-order valence-electron chi connectivity index (χ0n) is 13.3. The summed E-state index contributed by atoms with van der Waals surface area (Å²) >= 11 is 5.51. The molecule has 2 heterocycles. The van der Waals surface area contributed by atoms with E-state index in [1.165, 1.54) is 12.8 Å². The predicted octanol–water partition coefficient (Wildman–Crippen LogP) is 1.30. The second-order valence-electron chi connectivity index (χ2n) is 5.99. The van der Waals surface area contributed by atoms with Crippen LogP contribution < -0.4 is 0 Å². The Bertz CT molecular complexity index is 510. The molecule has 1 aliphatic rings. The van der Waals surface area contributed by atoms with Crippen molar-refractivity contribution in [2.75, 3.05) is 27.2 Å². The molecule has 0 saturated carbocycles. The summed E-state index contributed by atoms with van der Waals surface area (Å²) in [5.41, 5.74) is 0. The van der Waals surface area contributed by atoms with Crippen molar-refractivity contribution in [1.82, 2.24) is 24.1 Å². The number of aliphatic hydroxyl groups excluding tert-OH is 1. The molecule has 1 fully saturated rings. The van der Waals surface area contributed by atoms with Gasteiger partial charge in [-0.3, -0.25) is 4.90 Å². The molecule has 1 aliphatic heterocycles. The molecule has 6 nitrogen and oxygen atoms in total. The van der Waals surface area contributed by atoms with Crippen LogP contribution in [0.4, 0.5) is 0 Å². The van der Waals surface area contributed by atoms with Crippen molar-refractivity contribution in [2.24, 2.45) is 0 Å². The molecule has 1 atom stereocenters. The molecule has 0 aromatic carbocycles. The van der Waals surface area contributed by atoms with Gasteiger partial charge in [-0.1, -0.05) is 6.92 Å². The number of likely N-dealkylation sites (tertiary alicyclic amines) is 1. The number of rotatable bonds is 6. The maximum Gasteiger partial charge on any atom is 0.199 e. The zero-order valence-corrected chi connectivity index (χ0v) is 14.1. The van der Waals surface area contributed by atoms with Gasteiger partial charge >= 0.3 is 0 Å². The number of likely N-dealkylation sites (N-methyl/N-ethyl adjacent to an activating group) is 1. The first-order valence-corrected chi connectivity index (χ1v) is 8.13. The van der Waals surface area contributed by atoms with Crippen LogP contribution in [0.15, 0.2) is 0 Å². The smallest absolute Gasteiger partial charge is 0.199 e. The van der Waals surface area contributed by atoms with E-state index in [4.69, 9.17) is 12.2 Å². The molecule has 0 bridgehead atoms. The van der Waals surface area contributed by atoms with Gasteiger partial charge in [0, 0.05) is 25.7 Å². The molecule has 0 amide bonds. The minimum atomic E-state index is -0.0586. The molecule has 21 heavy (non-hydrogen) atoms. The van der Waals surface area contributed by atoms with Gasteiger partial charge in [0.05, 0.1) is 6.67 Å². The fourth-order valence-corrected chi connectivity index (χ4v) is 3.21. The average molecular weight is 313 g/mol. The maximum absolute atomic E-state index is 9.44. The third kappa shape index (κ3) is 3.91. The van der Waals surface area contributed by atoms with E-state index >= 15 is 0 Å². The van der Waals surface area contributed by atoms with Crippen molar-refractivity contribution >= 4 is 12.2 Å². The topological polar surface area (TPSA) is 49.5 Å². The Hall–Kier alpha value is -0.760. The molecule has 0 radical (unpaired) electrons. The highest BCUT2D eigenvalue weighted by Crippen LogP contribution is 2.15. The number of hydrogen-bond acceptors (Lipinski definition) is 5. The summed E-state index contributed by atoms with van der Waals surface area (Å²) in [6, 6.07) is 0.600. The Morgan fingerprint density at radius 3 is 2.81 bits per heavy atom. The third-order valence-corrected chi connectivity index (χ3v) is 4.56. The second-order valence-corrected chi connectivity index (χ2v) is 6.35. The lowest BCUT2D eigenvalue weighted by molar-refractivity contribution is 0.102. The first-order chi connectivity index (χ1) is 10.1. The minimum absolute atomic E-state index is 0.0586. The average Bonchev–Trinajstić information content (AvgIpc) is 2.76. The van der Waals surface area contributed by atoms with Crippen LogP contribution in [-0.4, -0.2) is 62.5 Å². The molecule has 1 aromatic heterocycles. The molecular weight excluding hydrogens is 286 g/mol. The molecule has 0 aliphatic carbocycles. The normalized spacial score (nSPS) is 20.3. The Balaban J connectivity index is 2.10. The minimum Gasteiger partial charge on any atom is -0.388 e. The Morgan fingerprint density at radius 2 is 2.19 bits per heavy atom. The van der Waals surface area contributed by atoms with Gasteiger partial charge in [0.1, 0.15) is 6.61 Å². The van der Waals surface area contributed by atoms with Crippen molar-refractivity contribution < 1.29 is 5.11 Å². The Kier molecular flexibility index (Phi) is 5.92. The van der Waals surface area contributed by atoms with Gasteiger partial charge in [0.2, 0.25) is 0 Å². The van der Waals surface area contributed by atoms with Gasteiger partial charge in [-0.25, -0.2) is 4.68 Å². The van der Waals surface area contributed by atoms with Crippen molar-refractivity contribution in [3.05, 3.63) is 10.6 Å². The van der Waals surface area contributed by atoms with Gasteiger partial charge in [-0.05, 0) is 45.6 Å². The molecule has 7 heteroatoms. The summed E-state index contributed by atoms with van der Waals surface area (Å²) in [4.78, 5) is 4.69. The van der Waals surface area contributed by atoms with Gasteiger partial charge in [-0.15, -0.1) is 0 Å². The van der Waals surface area contributed by atoms with Crippen LogP contribution in [0.25, 0.3) is 0 Å². The summed E-state index contributed by atoms with van der Waals surface area (Å²) in [5, 5.41) is 13.9. The highest BCUT2D eigenvalue weighted by atomic mass is 32.1. The molecule has 120 valence electrons. The zero-order chi connectivity index (χ0) is 15.4. The monoisotopic (exact) mass is 313 g/mol. The summed E-state index contributed by atoms with van der Waals surface area (Å²) in [5.74, 6) is 0.669. The summed E-state index contributed by atoms with van der Waals surface area (Å²) < 4.78 is 4.52. The van der Waals surface area contributed by atoms with Gasteiger partial charge in [0.25, 0.3) is 0 Å². The number of hydrogen-bond donors (Lipinski definition) is 1. The first kappa shape index (κ1) is 16.6. The number of aliphatic hydroxyl groups is 1. The van der Waals surface area contributed by atoms with E-state index in [0.29, 0.717) is 23.3 Å². The lowest BCUT2D eigenvalue weighted by Gasteiger charge is -2.35. The quantitative estimate of drug-likeness (QED) is 0.802. The van der Waals surface area contributed by atoms with E-state index in [2.05, 4.69) is 35.9 Å². The molecule has 1 N–H and O–H groups in total.